The van der Waals surface area contributed by atoms with Crippen molar-refractivity contribution in [3.8, 4) is 0 Å². The van der Waals surface area contributed by atoms with Crippen LogP contribution in [0.3, 0.4) is 0 Å². The Bertz CT molecular complexity index is 117. The van der Waals surface area contributed by atoms with Gasteiger partial charge in [0.15, 0.2) is 0 Å². The van der Waals surface area contributed by atoms with Crippen molar-refractivity contribution in [1.29, 1.82) is 0 Å². The topological polar surface area (TPSA) is 104 Å². The Morgan fingerprint density at radius 2 is 1.92 bits per heavy atom. The fraction of sp³-hybridized carbons (Fsp3) is 1.00. The van der Waals surface area contributed by atoms with Gasteiger partial charge >= 0.3 is 20.1 Å². The summed E-state index contributed by atoms with van der Waals surface area (Å²) < 4.78 is 34.4. The van der Waals surface area contributed by atoms with Gasteiger partial charge in [0.25, 0.3) is 0 Å². The lowest BCUT2D eigenvalue weighted by Crippen LogP contribution is -4.24. The molecule has 0 rings (SSSR count). The van der Waals surface area contributed by atoms with E-state index in [1.807, 2.05) is 6.92 Å². The van der Waals surface area contributed by atoms with Gasteiger partial charge < -0.3 is 0 Å². The zero-order chi connectivity index (χ0) is 9.61. The maximum absolute atomic E-state index is 10.1. The maximum Gasteiger partial charge on any atom is 0.375 e. The second-order valence-electron chi connectivity index (χ2n) is 2.50. The number of unbranched alkanes of at least 4 members (excludes halogenated alkanes) is 2. The van der Waals surface area contributed by atoms with E-state index in [4.69, 9.17) is 5.73 Å². The first-order chi connectivity index (χ1) is 5.45. The van der Waals surface area contributed by atoms with Crippen LogP contribution < -0.4 is 36.1 Å². The third kappa shape index (κ3) is 8.62. The molecule has 0 aromatic carbocycles. The summed E-state index contributed by atoms with van der Waals surface area (Å²) in [6.45, 7) is 2.02. The van der Waals surface area contributed by atoms with Gasteiger partial charge in [-0.15, -0.1) is 0 Å². The Balaban J connectivity index is 3.40. The summed E-state index contributed by atoms with van der Waals surface area (Å²) in [5, 5.41) is 0. The lowest BCUT2D eigenvalue weighted by molar-refractivity contribution is -1.92. The average molecular weight is 291 g/mol. The first kappa shape index (κ1) is 12.5. The standard InChI is InChI=1S/C6H14INO4/c1-2-3-4-5-6(8)12-7(9,10)11/h6H,2-5,8H2,1H3. The van der Waals surface area contributed by atoms with Gasteiger partial charge in [0.05, 0.1) is 0 Å². The molecule has 0 aliphatic carbocycles. The lowest BCUT2D eigenvalue weighted by atomic mass is 10.2. The SMILES string of the molecule is CCCCCC(N)O[I+3]([O-])([O-])[O-]. The number of halogens is 1. The molecule has 1 atom stereocenters. The van der Waals surface area contributed by atoms with E-state index in [1.165, 1.54) is 0 Å². The normalized spacial score (nSPS) is 14.8. The zero-order valence-electron chi connectivity index (χ0n) is 6.99. The second-order valence-corrected chi connectivity index (χ2v) is 5.17. The van der Waals surface area contributed by atoms with Crippen molar-refractivity contribution >= 4 is 0 Å². The van der Waals surface area contributed by atoms with Crippen LogP contribution in [0, 0.1) is 0 Å². The van der Waals surface area contributed by atoms with Crippen LogP contribution in [0.1, 0.15) is 32.6 Å². The molecule has 0 fully saturated rings. The van der Waals surface area contributed by atoms with Crippen LogP contribution in [-0.2, 0) is 3.07 Å². The van der Waals surface area contributed by atoms with Crippen molar-refractivity contribution < 1.29 is 33.5 Å². The van der Waals surface area contributed by atoms with Crippen LogP contribution in [-0.4, -0.2) is 6.23 Å². The molecule has 1 unspecified atom stereocenters. The van der Waals surface area contributed by atoms with Crippen molar-refractivity contribution in [2.24, 2.45) is 5.73 Å². The molecular formula is C6H14INO4. The van der Waals surface area contributed by atoms with Gasteiger partial charge in [-0.3, -0.25) is 16.0 Å². The van der Waals surface area contributed by atoms with E-state index in [2.05, 4.69) is 3.07 Å². The van der Waals surface area contributed by atoms with Crippen LogP contribution in [0.5, 0.6) is 0 Å². The fourth-order valence-electron chi connectivity index (χ4n) is 0.780. The summed E-state index contributed by atoms with van der Waals surface area (Å²) in [6.07, 6.45) is 2.25. The van der Waals surface area contributed by atoms with E-state index >= 15 is 0 Å². The molecule has 0 aliphatic rings. The van der Waals surface area contributed by atoms with Crippen molar-refractivity contribution in [1.82, 2.24) is 0 Å². The van der Waals surface area contributed by atoms with Crippen LogP contribution in [0.2, 0.25) is 0 Å². The largest absolute Gasteiger partial charge is 0.375 e. The second kappa shape index (κ2) is 6.06. The van der Waals surface area contributed by atoms with Crippen molar-refractivity contribution in [2.45, 2.75) is 38.8 Å². The highest BCUT2D eigenvalue weighted by Crippen LogP contribution is 2.00. The summed E-state index contributed by atoms with van der Waals surface area (Å²) in [5.74, 6) is 0. The smallest absolute Gasteiger partial charge is 0.295 e. The first-order valence-electron chi connectivity index (χ1n) is 3.80. The van der Waals surface area contributed by atoms with E-state index in [0.717, 1.165) is 19.3 Å². The summed E-state index contributed by atoms with van der Waals surface area (Å²) in [6, 6.07) is 0. The summed E-state index contributed by atoms with van der Waals surface area (Å²) in [4.78, 5) is 0. The quantitative estimate of drug-likeness (QED) is 0.299. The zero-order valence-corrected chi connectivity index (χ0v) is 9.15. The summed E-state index contributed by atoms with van der Waals surface area (Å²) in [7, 11) is 0. The molecule has 0 aromatic rings. The van der Waals surface area contributed by atoms with E-state index in [-0.39, 0.29) is 0 Å². The maximum atomic E-state index is 10.1. The van der Waals surface area contributed by atoms with Gasteiger partial charge in [-0.25, -0.2) is 0 Å². The van der Waals surface area contributed by atoms with Crippen molar-refractivity contribution in [3.63, 3.8) is 0 Å². The highest BCUT2D eigenvalue weighted by Gasteiger charge is 2.30. The Kier molecular flexibility index (Phi) is 6.32. The molecule has 6 heteroatoms. The van der Waals surface area contributed by atoms with Crippen molar-refractivity contribution in [3.05, 3.63) is 0 Å². The molecule has 12 heavy (non-hydrogen) atoms. The van der Waals surface area contributed by atoms with E-state index in [0.29, 0.717) is 6.42 Å². The van der Waals surface area contributed by atoms with Gasteiger partial charge in [0.2, 0.25) is 6.23 Å². The Hall–Kier alpha value is 0.530. The van der Waals surface area contributed by atoms with Gasteiger partial charge in [-0.05, 0) is 12.8 Å². The van der Waals surface area contributed by atoms with Gasteiger partial charge in [0, 0.05) is 3.07 Å². The molecular weight excluding hydrogens is 277 g/mol. The molecule has 74 valence electrons. The minimum Gasteiger partial charge on any atom is -0.295 e. The fourth-order valence-corrected chi connectivity index (χ4v) is 1.83. The Morgan fingerprint density at radius 1 is 1.33 bits per heavy atom. The lowest BCUT2D eigenvalue weighted by Gasteiger charge is -2.10. The van der Waals surface area contributed by atoms with E-state index in [1.54, 1.807) is 0 Å². The molecule has 0 aromatic heterocycles. The Morgan fingerprint density at radius 3 is 2.33 bits per heavy atom. The van der Waals surface area contributed by atoms with Crippen LogP contribution in [0.25, 0.3) is 0 Å². The minimum atomic E-state index is -5.54. The number of nitrogens with two attached hydrogens (primary N) is 1. The number of rotatable bonds is 6. The van der Waals surface area contributed by atoms with Gasteiger partial charge in [-0.1, -0.05) is 19.8 Å². The summed E-state index contributed by atoms with van der Waals surface area (Å²) in [5.41, 5.74) is 5.22. The van der Waals surface area contributed by atoms with E-state index < -0.39 is 26.3 Å². The Labute approximate surface area is 78.2 Å². The first-order valence-corrected chi connectivity index (χ1v) is 7.32. The summed E-state index contributed by atoms with van der Waals surface area (Å²) >= 11 is -5.54. The molecule has 0 spiro atoms. The highest BCUT2D eigenvalue weighted by atomic mass is 127. The molecule has 2 N–H and O–H groups in total. The van der Waals surface area contributed by atoms with Crippen LogP contribution in [0.4, 0.5) is 0 Å². The van der Waals surface area contributed by atoms with E-state index in [9.17, 15) is 10.3 Å². The molecule has 0 amide bonds. The van der Waals surface area contributed by atoms with Crippen molar-refractivity contribution in [2.75, 3.05) is 0 Å². The monoisotopic (exact) mass is 291 g/mol. The minimum absolute atomic E-state index is 0.422. The average Bonchev–Trinajstić information content (AvgIpc) is 1.84. The molecule has 0 radical (unpaired) electrons. The predicted octanol–water partition coefficient (Wildman–Crippen LogP) is -5.23. The third-order valence-corrected chi connectivity index (χ3v) is 2.59. The van der Waals surface area contributed by atoms with Crippen LogP contribution in [0.15, 0.2) is 0 Å². The highest BCUT2D eigenvalue weighted by molar-refractivity contribution is 4.45. The third-order valence-electron chi connectivity index (χ3n) is 1.32. The predicted molar refractivity (Wildman–Crippen MR) is 33.2 cm³/mol. The molecule has 0 heterocycles. The molecule has 0 saturated heterocycles. The molecule has 0 saturated carbocycles. The van der Waals surface area contributed by atoms with Gasteiger partial charge in [0.1, 0.15) is 0 Å². The van der Waals surface area contributed by atoms with Gasteiger partial charge in [-0.2, -0.15) is 0 Å². The number of hydrogen-bond donors (Lipinski definition) is 1. The molecule has 0 aliphatic heterocycles. The number of hydrogen-bond acceptors (Lipinski definition) is 5. The molecule has 5 nitrogen and oxygen atoms in total. The molecule has 0 bridgehead atoms. The van der Waals surface area contributed by atoms with Crippen LogP contribution >= 0.6 is 0 Å².